The molecule has 0 atom stereocenters. The number of hydrogen-bond acceptors (Lipinski definition) is 2. The third kappa shape index (κ3) is 38.1. The number of esters is 1. The number of carbonyl (C=O) groups is 1. The molecule has 0 unspecified atom stereocenters. The lowest BCUT2D eigenvalue weighted by molar-refractivity contribution is -0.154. The Bertz CT molecular complexity index is 198. The fourth-order valence-corrected chi connectivity index (χ4v) is 0.471. The highest BCUT2D eigenvalue weighted by atomic mass is 19.4. The quantitative estimate of drug-likeness (QED) is 0.540. The molecule has 21 heavy (non-hydrogen) atoms. The fourth-order valence-electron chi connectivity index (χ4n) is 0.471. The number of carbonyl (C=O) groups excluding carboxylic acids is 1. The van der Waals surface area contributed by atoms with Crippen molar-refractivity contribution in [3.63, 3.8) is 0 Å². The molecule has 10 heteroatoms. The van der Waals surface area contributed by atoms with Gasteiger partial charge in [0, 0.05) is 0 Å². The van der Waals surface area contributed by atoms with E-state index in [9.17, 15) is 39.9 Å². The minimum atomic E-state index is -3.67. The molecule has 0 saturated carbocycles. The predicted octanol–water partition coefficient (Wildman–Crippen LogP) is 4.88. The second kappa shape index (κ2) is 21.2. The normalized spacial score (nSPS) is 9.33. The summed E-state index contributed by atoms with van der Waals surface area (Å²) in [5.41, 5.74) is -0.477. The molecule has 0 aliphatic carbocycles. The molecule has 0 aromatic carbocycles. The predicted molar refractivity (Wildman–Crippen MR) is 62.3 cm³/mol. The molecule has 0 N–H and O–H groups in total. The highest BCUT2D eigenvalue weighted by Gasteiger charge is 2.26. The van der Waals surface area contributed by atoms with Crippen LogP contribution in [0.15, 0.2) is 0 Å². The van der Waals surface area contributed by atoms with E-state index < -0.39 is 32.6 Å². The SMILES string of the molecule is CCC(C)(C)C(=O)OCCF.FC(F)F.FCF.FCF. The Hall–Kier alpha value is -1.09. The van der Waals surface area contributed by atoms with E-state index in [4.69, 9.17) is 0 Å². The van der Waals surface area contributed by atoms with Crippen LogP contribution in [0.1, 0.15) is 27.2 Å². The van der Waals surface area contributed by atoms with Crippen molar-refractivity contribution in [2.45, 2.75) is 33.9 Å². The van der Waals surface area contributed by atoms with Crippen LogP contribution in [0.2, 0.25) is 0 Å². The van der Waals surface area contributed by atoms with Crippen molar-refractivity contribution in [3.8, 4) is 0 Å². The molecule has 2 nitrogen and oxygen atoms in total. The Balaban J connectivity index is -0.000000119. The average molecular weight is 336 g/mol. The summed E-state index contributed by atoms with van der Waals surface area (Å²) >= 11 is 0. The summed E-state index contributed by atoms with van der Waals surface area (Å²) in [6.07, 6.45) is 0.706. The molecule has 0 bridgehead atoms. The van der Waals surface area contributed by atoms with E-state index >= 15 is 0 Å². The van der Waals surface area contributed by atoms with Crippen molar-refractivity contribution < 1.29 is 44.7 Å². The lowest BCUT2D eigenvalue weighted by Crippen LogP contribution is -2.26. The van der Waals surface area contributed by atoms with Crippen LogP contribution in [0, 0.1) is 5.41 Å². The van der Waals surface area contributed by atoms with Crippen LogP contribution in [0.25, 0.3) is 0 Å². The van der Waals surface area contributed by atoms with Crippen LogP contribution in [-0.4, -0.2) is 39.8 Å². The fraction of sp³-hybridized carbons (Fsp3) is 0.909. The van der Waals surface area contributed by atoms with Gasteiger partial charge in [0.05, 0.1) is 5.41 Å². The van der Waals surface area contributed by atoms with Crippen LogP contribution >= 0.6 is 0 Å². The van der Waals surface area contributed by atoms with Gasteiger partial charge in [-0.3, -0.25) is 4.79 Å². The molecule has 0 aromatic rings. The van der Waals surface area contributed by atoms with Crippen LogP contribution in [0.3, 0.4) is 0 Å². The molecule has 0 aliphatic rings. The van der Waals surface area contributed by atoms with Gasteiger partial charge in [0.2, 0.25) is 13.9 Å². The summed E-state index contributed by atoms with van der Waals surface area (Å²) in [7, 11) is 0. The third-order valence-electron chi connectivity index (χ3n) is 1.75. The van der Waals surface area contributed by atoms with Gasteiger partial charge in [0.15, 0.2) is 0 Å². The summed E-state index contributed by atoms with van der Waals surface area (Å²) in [5, 5.41) is 0. The summed E-state index contributed by atoms with van der Waals surface area (Å²) in [5.74, 6) is -0.322. The van der Waals surface area contributed by atoms with Gasteiger partial charge in [0.25, 0.3) is 0 Å². The topological polar surface area (TPSA) is 26.3 Å². The maximum atomic E-state index is 11.6. The van der Waals surface area contributed by atoms with Gasteiger partial charge in [-0.25, -0.2) is 22.0 Å². The molecular formula is C11H20F8O2. The first-order valence-electron chi connectivity index (χ1n) is 5.50. The second-order valence-electron chi connectivity index (χ2n) is 3.51. The first-order valence-corrected chi connectivity index (χ1v) is 5.50. The standard InChI is InChI=1S/C8H15FO2.CHF3.2CH2F2/c1-4-8(2,3)7(10)11-6-5-9;2-1(3)4;2*2-1-3/h4-6H2,1-3H3;1H;2*1H2. The van der Waals surface area contributed by atoms with Crippen molar-refractivity contribution in [2.75, 3.05) is 27.1 Å². The number of rotatable bonds is 4. The minimum Gasteiger partial charge on any atom is -0.462 e. The second-order valence-corrected chi connectivity index (χ2v) is 3.51. The Morgan fingerprint density at radius 3 is 1.48 bits per heavy atom. The van der Waals surface area contributed by atoms with E-state index in [1.54, 1.807) is 13.8 Å². The molecule has 0 fully saturated rings. The van der Waals surface area contributed by atoms with Gasteiger partial charge in [-0.1, -0.05) is 6.92 Å². The first-order chi connectivity index (χ1) is 9.60. The number of halogens is 8. The van der Waals surface area contributed by atoms with Gasteiger partial charge < -0.3 is 4.74 Å². The molecule has 0 rings (SSSR count). The molecule has 0 saturated heterocycles. The largest absolute Gasteiger partial charge is 0.462 e. The van der Waals surface area contributed by atoms with Crippen LogP contribution < -0.4 is 0 Å². The smallest absolute Gasteiger partial charge is 0.379 e. The zero-order chi connectivity index (χ0) is 17.9. The third-order valence-corrected chi connectivity index (χ3v) is 1.75. The van der Waals surface area contributed by atoms with Gasteiger partial charge in [0.1, 0.15) is 13.3 Å². The molecule has 0 radical (unpaired) electrons. The molecule has 0 aromatic heterocycles. The number of alkyl halides is 8. The molecule has 0 heterocycles. The highest BCUT2D eigenvalue weighted by Crippen LogP contribution is 2.21. The maximum Gasteiger partial charge on any atom is 0.379 e. The van der Waals surface area contributed by atoms with Gasteiger partial charge in [-0.2, -0.15) is 13.2 Å². The number of hydrogen-bond donors (Lipinski definition) is 0. The molecule has 0 aliphatic heterocycles. The summed E-state index contributed by atoms with van der Waals surface area (Å²) in [6, 6.07) is 0. The van der Waals surface area contributed by atoms with E-state index in [0.717, 1.165) is 0 Å². The van der Waals surface area contributed by atoms with E-state index in [1.165, 1.54) is 0 Å². The summed E-state index contributed by atoms with van der Waals surface area (Å²) in [4.78, 5) is 11.1. The Morgan fingerprint density at radius 2 is 1.29 bits per heavy atom. The van der Waals surface area contributed by atoms with Crippen molar-refractivity contribution in [1.82, 2.24) is 0 Å². The first kappa shape index (κ1) is 28.1. The van der Waals surface area contributed by atoms with Crippen molar-refractivity contribution in [3.05, 3.63) is 0 Å². The minimum absolute atomic E-state index is 0.123. The van der Waals surface area contributed by atoms with E-state index in [2.05, 4.69) is 4.74 Å². The molecular weight excluding hydrogens is 316 g/mol. The Labute approximate surface area is 118 Å². The Morgan fingerprint density at radius 1 is 1.00 bits per heavy atom. The van der Waals surface area contributed by atoms with Crippen LogP contribution in [-0.2, 0) is 9.53 Å². The maximum absolute atomic E-state index is 11.6. The zero-order valence-corrected chi connectivity index (χ0v) is 12.0. The van der Waals surface area contributed by atoms with E-state index in [0.29, 0.717) is 6.42 Å². The highest BCUT2D eigenvalue weighted by molar-refractivity contribution is 5.75. The molecule has 0 amide bonds. The van der Waals surface area contributed by atoms with Crippen molar-refractivity contribution >= 4 is 5.97 Å². The van der Waals surface area contributed by atoms with E-state index in [1.807, 2.05) is 6.92 Å². The Kier molecular flexibility index (Phi) is 28.4. The van der Waals surface area contributed by atoms with Gasteiger partial charge >= 0.3 is 12.6 Å². The van der Waals surface area contributed by atoms with Crippen molar-refractivity contribution in [1.29, 1.82) is 0 Å². The summed E-state index contributed by atoms with van der Waals surface area (Å²) in [6.45, 7) is -2.42. The molecule has 0 spiro atoms. The summed E-state index contributed by atoms with van der Waals surface area (Å²) < 4.78 is 83.7. The monoisotopic (exact) mass is 336 g/mol. The van der Waals surface area contributed by atoms with E-state index in [-0.39, 0.29) is 12.6 Å². The number of ether oxygens (including phenoxy) is 1. The van der Waals surface area contributed by atoms with Crippen molar-refractivity contribution in [2.24, 2.45) is 5.41 Å². The lowest BCUT2D eigenvalue weighted by atomic mass is 9.91. The van der Waals surface area contributed by atoms with Crippen LogP contribution in [0.5, 0.6) is 0 Å². The van der Waals surface area contributed by atoms with Gasteiger partial charge in [-0.05, 0) is 20.3 Å². The molecule has 132 valence electrons. The van der Waals surface area contributed by atoms with Crippen LogP contribution in [0.4, 0.5) is 35.1 Å². The lowest BCUT2D eigenvalue weighted by Gasteiger charge is -2.19. The zero-order valence-electron chi connectivity index (χ0n) is 12.0. The average Bonchev–Trinajstić information content (AvgIpc) is 2.37. The van der Waals surface area contributed by atoms with Gasteiger partial charge in [-0.15, -0.1) is 0 Å².